The molecule has 0 aliphatic rings. The molecule has 0 fully saturated rings. The molecule has 0 bridgehead atoms. The third-order valence-corrected chi connectivity index (χ3v) is 7.95. The van der Waals surface area contributed by atoms with Crippen LogP contribution in [0.1, 0.15) is 148 Å². The molecule has 0 unspecified atom stereocenters. The molecule has 0 aliphatic carbocycles. The summed E-state index contributed by atoms with van der Waals surface area (Å²) < 4.78 is 26.7. The number of carbonyl (C=O) groups excluding carboxylic acids is 4. The molecular weight excluding hydrogens is 636 g/mol. The lowest BCUT2D eigenvalue weighted by atomic mass is 9.74. The molecule has 0 heterocycles. The van der Waals surface area contributed by atoms with Crippen LogP contribution in [0.4, 0.5) is 0 Å². The van der Waals surface area contributed by atoms with Crippen molar-refractivity contribution in [3.63, 3.8) is 0 Å². The molecule has 0 N–H and O–H groups in total. The van der Waals surface area contributed by atoms with Crippen LogP contribution in [0.15, 0.2) is 24.3 Å². The summed E-state index contributed by atoms with van der Waals surface area (Å²) in [7, 11) is 1.43. The predicted octanol–water partition coefficient (Wildman–Crippen LogP) is 9.56. The fourth-order valence-corrected chi connectivity index (χ4v) is 5.83. The zero-order chi connectivity index (χ0) is 39.0. The molecule has 0 rings (SSSR count). The van der Waals surface area contributed by atoms with E-state index >= 15 is 0 Å². The summed E-state index contributed by atoms with van der Waals surface area (Å²) in [6.45, 7) is 28.2. The molecule has 50 heavy (non-hydrogen) atoms. The largest absolute Gasteiger partial charge is 0.461 e. The minimum atomic E-state index is -0.993. The first-order chi connectivity index (χ1) is 22.6. The van der Waals surface area contributed by atoms with Crippen LogP contribution >= 0.6 is 0 Å². The number of hydrogen-bond donors (Lipinski definition) is 0. The number of unbranched alkanes of at least 4 members (excludes halogenated alkanes) is 1. The molecule has 0 atom stereocenters. The Labute approximate surface area is 304 Å². The molecule has 0 aliphatic heterocycles. The van der Waals surface area contributed by atoms with Crippen LogP contribution in [0.3, 0.4) is 0 Å². The monoisotopic (exact) mass is 709 g/mol. The van der Waals surface area contributed by atoms with Gasteiger partial charge >= 0.3 is 23.9 Å². The average molecular weight is 709 g/mol. The fraction of sp³-hybridized carbons (Fsp3) is 0.805. The van der Waals surface area contributed by atoms with Crippen molar-refractivity contribution in [2.75, 3.05) is 27.1 Å². The van der Waals surface area contributed by atoms with Crippen molar-refractivity contribution in [3.05, 3.63) is 24.3 Å². The number of allylic oxidation sites excluding steroid dienone is 4. The summed E-state index contributed by atoms with van der Waals surface area (Å²) in [4.78, 5) is 51.3. The van der Waals surface area contributed by atoms with E-state index in [1.165, 1.54) is 7.11 Å². The van der Waals surface area contributed by atoms with Crippen LogP contribution in [0.2, 0.25) is 0 Å². The maximum absolute atomic E-state index is 13.4. The van der Waals surface area contributed by atoms with Gasteiger partial charge in [-0.2, -0.15) is 0 Å². The van der Waals surface area contributed by atoms with Crippen molar-refractivity contribution >= 4 is 23.9 Å². The second-order valence-electron chi connectivity index (χ2n) is 18.9. The van der Waals surface area contributed by atoms with E-state index in [4.69, 9.17) is 23.7 Å². The normalized spacial score (nSPS) is 13.6. The Hall–Kier alpha value is -2.68. The molecule has 0 radical (unpaired) electrons. The van der Waals surface area contributed by atoms with Crippen LogP contribution in [0.5, 0.6) is 0 Å². The van der Waals surface area contributed by atoms with Crippen LogP contribution in [-0.2, 0) is 42.9 Å². The third-order valence-electron chi connectivity index (χ3n) is 7.95. The van der Waals surface area contributed by atoms with Crippen molar-refractivity contribution in [2.24, 2.45) is 32.5 Å². The van der Waals surface area contributed by atoms with E-state index in [-0.39, 0.29) is 54.5 Å². The predicted molar refractivity (Wildman–Crippen MR) is 199 cm³/mol. The van der Waals surface area contributed by atoms with Gasteiger partial charge in [0.2, 0.25) is 0 Å². The molecule has 9 heteroatoms. The zero-order valence-corrected chi connectivity index (χ0v) is 34.3. The minimum Gasteiger partial charge on any atom is -0.461 e. The summed E-state index contributed by atoms with van der Waals surface area (Å²) in [5, 5.41) is 0. The third kappa shape index (κ3) is 22.9. The Morgan fingerprint density at radius 2 is 0.940 bits per heavy atom. The Bertz CT molecular complexity index is 1060. The van der Waals surface area contributed by atoms with Gasteiger partial charge in [0.05, 0.1) is 10.8 Å². The molecule has 0 spiro atoms. The van der Waals surface area contributed by atoms with Crippen molar-refractivity contribution < 1.29 is 42.9 Å². The lowest BCUT2D eigenvalue weighted by Gasteiger charge is -2.32. The molecule has 290 valence electrons. The van der Waals surface area contributed by atoms with Gasteiger partial charge in [0, 0.05) is 20.0 Å². The molecule has 0 aromatic rings. The lowest BCUT2D eigenvalue weighted by molar-refractivity contribution is -0.174. The van der Waals surface area contributed by atoms with E-state index in [0.29, 0.717) is 25.7 Å². The fourth-order valence-electron chi connectivity index (χ4n) is 5.83. The van der Waals surface area contributed by atoms with Gasteiger partial charge in [-0.05, 0) is 87.9 Å². The number of carbonyl (C=O) groups is 4. The first kappa shape index (κ1) is 47.3. The van der Waals surface area contributed by atoms with Crippen molar-refractivity contribution in [1.82, 2.24) is 0 Å². The van der Waals surface area contributed by atoms with Gasteiger partial charge in [-0.15, -0.1) is 0 Å². The van der Waals surface area contributed by atoms with Crippen LogP contribution in [0, 0.1) is 32.5 Å². The molecule has 0 saturated carbocycles. The van der Waals surface area contributed by atoms with Gasteiger partial charge in [-0.25, -0.2) is 0 Å². The van der Waals surface area contributed by atoms with E-state index in [1.54, 1.807) is 0 Å². The number of ether oxygens (including phenoxy) is 5. The summed E-state index contributed by atoms with van der Waals surface area (Å²) in [5.74, 6) is -1.81. The minimum absolute atomic E-state index is 0.0388. The van der Waals surface area contributed by atoms with Crippen molar-refractivity contribution in [3.8, 4) is 0 Å². The standard InChI is InChI=1S/C41H72O9/c1-36(2,3)22-18-24-38(7,8)28-40(11,12)34(44)47-26-31(50-33(43)21-17-16-20-32(42)49-30-46-15)27-48-35(45)41(13,14)29-39(9,10)25-19-23-37(4,5)6/h18-19,24-25,31H,16-17,20-23,26-30H2,1-15H3/b24-18-,25-19-. The van der Waals surface area contributed by atoms with Gasteiger partial charge in [-0.1, -0.05) is 93.5 Å². The van der Waals surface area contributed by atoms with Crippen LogP contribution in [-0.4, -0.2) is 57.1 Å². The van der Waals surface area contributed by atoms with E-state index in [2.05, 4.69) is 93.5 Å². The summed E-state index contributed by atoms with van der Waals surface area (Å²) in [6, 6.07) is 0. The zero-order valence-electron chi connectivity index (χ0n) is 34.3. The quantitative estimate of drug-likeness (QED) is 0.0357. The molecule has 0 aromatic carbocycles. The number of esters is 4. The Kier molecular flexibility index (Phi) is 19.3. The highest BCUT2D eigenvalue weighted by Gasteiger charge is 2.37. The number of rotatable bonds is 22. The molecular formula is C41H72O9. The Morgan fingerprint density at radius 3 is 1.30 bits per heavy atom. The van der Waals surface area contributed by atoms with Gasteiger partial charge in [0.25, 0.3) is 0 Å². The van der Waals surface area contributed by atoms with Gasteiger partial charge in [0.15, 0.2) is 12.9 Å². The second kappa shape index (κ2) is 20.4. The van der Waals surface area contributed by atoms with E-state index in [1.807, 2.05) is 27.7 Å². The number of methoxy groups -OCH3 is 1. The smallest absolute Gasteiger partial charge is 0.311 e. The Balaban J connectivity index is 5.60. The average Bonchev–Trinajstić information content (AvgIpc) is 2.92. The van der Waals surface area contributed by atoms with E-state index < -0.39 is 40.8 Å². The number of hydrogen-bond acceptors (Lipinski definition) is 9. The first-order valence-corrected chi connectivity index (χ1v) is 18.1. The highest BCUT2D eigenvalue weighted by Crippen LogP contribution is 2.38. The molecule has 0 aromatic heterocycles. The lowest BCUT2D eigenvalue weighted by Crippen LogP contribution is -2.38. The van der Waals surface area contributed by atoms with E-state index in [9.17, 15) is 19.2 Å². The summed E-state index contributed by atoms with van der Waals surface area (Å²) in [5.41, 5.74) is -1.83. The highest BCUT2D eigenvalue weighted by molar-refractivity contribution is 5.77. The van der Waals surface area contributed by atoms with Gasteiger partial charge in [-0.3, -0.25) is 19.2 Å². The molecule has 0 amide bonds. The SMILES string of the molecule is COCOC(=O)CCCCC(=O)OC(COC(=O)C(C)(C)CC(C)(C)/C=C\CC(C)(C)C)COC(=O)C(C)(C)CC(C)(C)/C=C\CC(C)(C)C. The summed E-state index contributed by atoms with van der Waals surface area (Å²) >= 11 is 0. The van der Waals surface area contributed by atoms with Crippen molar-refractivity contribution in [2.45, 2.75) is 154 Å². The first-order valence-electron chi connectivity index (χ1n) is 18.1. The molecule has 9 nitrogen and oxygen atoms in total. The second-order valence-corrected chi connectivity index (χ2v) is 18.9. The van der Waals surface area contributed by atoms with Crippen LogP contribution < -0.4 is 0 Å². The van der Waals surface area contributed by atoms with Crippen molar-refractivity contribution in [1.29, 1.82) is 0 Å². The van der Waals surface area contributed by atoms with Gasteiger partial charge in [0.1, 0.15) is 13.2 Å². The van der Waals surface area contributed by atoms with Crippen LogP contribution in [0.25, 0.3) is 0 Å². The topological polar surface area (TPSA) is 114 Å². The van der Waals surface area contributed by atoms with E-state index in [0.717, 1.165) is 12.8 Å². The van der Waals surface area contributed by atoms with Gasteiger partial charge < -0.3 is 23.7 Å². The maximum atomic E-state index is 13.4. The molecule has 0 saturated heterocycles. The summed E-state index contributed by atoms with van der Waals surface area (Å²) in [6.07, 6.45) is 11.6. The highest BCUT2D eigenvalue weighted by atomic mass is 16.7. The maximum Gasteiger partial charge on any atom is 0.311 e. The Morgan fingerprint density at radius 1 is 0.560 bits per heavy atom.